The first-order valence-electron chi connectivity index (χ1n) is 8.49. The van der Waals surface area contributed by atoms with Gasteiger partial charge in [0.05, 0.1) is 10.9 Å². The molecule has 5 nitrogen and oxygen atoms in total. The van der Waals surface area contributed by atoms with Gasteiger partial charge in [-0.1, -0.05) is 46.6 Å². The van der Waals surface area contributed by atoms with Gasteiger partial charge in [0.1, 0.15) is 0 Å². The second-order valence-corrected chi connectivity index (χ2v) is 7.04. The van der Waals surface area contributed by atoms with Gasteiger partial charge in [0, 0.05) is 24.2 Å². The number of carbonyl (C=O) groups is 1. The van der Waals surface area contributed by atoms with Crippen LogP contribution in [0.25, 0.3) is 11.4 Å². The molecule has 1 aliphatic heterocycles. The van der Waals surface area contributed by atoms with Crippen LogP contribution in [0.3, 0.4) is 0 Å². The second-order valence-electron chi connectivity index (χ2n) is 6.63. The van der Waals surface area contributed by atoms with Crippen molar-refractivity contribution in [1.82, 2.24) is 10.1 Å². The smallest absolute Gasteiger partial charge is 0.232 e. The first-order chi connectivity index (χ1) is 12.5. The Balaban J connectivity index is 1.59. The van der Waals surface area contributed by atoms with Crippen LogP contribution < -0.4 is 4.90 Å². The SMILES string of the molecule is Cc1ccc(N2CC(c3nc(-c4ccccc4Cl)no3)CC2=O)c(C)c1. The molecule has 1 atom stereocenters. The normalized spacial score (nSPS) is 17.1. The van der Waals surface area contributed by atoms with Crippen molar-refractivity contribution >= 4 is 23.2 Å². The van der Waals surface area contributed by atoms with Gasteiger partial charge in [0.25, 0.3) is 0 Å². The number of hydrogen-bond donors (Lipinski definition) is 0. The van der Waals surface area contributed by atoms with E-state index in [1.54, 1.807) is 11.0 Å². The Morgan fingerprint density at radius 2 is 2.00 bits per heavy atom. The summed E-state index contributed by atoms with van der Waals surface area (Å²) in [6, 6.07) is 13.5. The number of benzene rings is 2. The third kappa shape index (κ3) is 2.99. The van der Waals surface area contributed by atoms with Gasteiger partial charge in [-0.15, -0.1) is 0 Å². The zero-order valence-electron chi connectivity index (χ0n) is 14.6. The van der Waals surface area contributed by atoms with Gasteiger partial charge in [0.15, 0.2) is 0 Å². The van der Waals surface area contributed by atoms with Gasteiger partial charge >= 0.3 is 0 Å². The summed E-state index contributed by atoms with van der Waals surface area (Å²) in [5.74, 6) is 0.870. The van der Waals surface area contributed by atoms with Crippen LogP contribution in [0.1, 0.15) is 29.4 Å². The average molecular weight is 368 g/mol. The molecule has 1 saturated heterocycles. The highest BCUT2D eigenvalue weighted by Gasteiger charge is 2.35. The van der Waals surface area contributed by atoms with Crippen LogP contribution in [-0.4, -0.2) is 22.6 Å². The number of anilines is 1. The summed E-state index contributed by atoms with van der Waals surface area (Å²) in [5, 5.41) is 4.61. The fraction of sp³-hybridized carbons (Fsp3) is 0.250. The molecule has 2 heterocycles. The molecule has 1 amide bonds. The van der Waals surface area contributed by atoms with Crippen molar-refractivity contribution in [3.8, 4) is 11.4 Å². The fourth-order valence-corrected chi connectivity index (χ4v) is 3.59. The molecule has 1 aliphatic rings. The lowest BCUT2D eigenvalue weighted by atomic mass is 10.1. The van der Waals surface area contributed by atoms with Crippen LogP contribution in [0.2, 0.25) is 5.02 Å². The van der Waals surface area contributed by atoms with E-state index in [1.165, 1.54) is 5.56 Å². The van der Waals surface area contributed by atoms with Gasteiger partial charge in [-0.3, -0.25) is 4.79 Å². The minimum absolute atomic E-state index is 0.0689. The minimum Gasteiger partial charge on any atom is -0.339 e. The van der Waals surface area contributed by atoms with Crippen molar-refractivity contribution in [3.63, 3.8) is 0 Å². The van der Waals surface area contributed by atoms with Gasteiger partial charge < -0.3 is 9.42 Å². The lowest BCUT2D eigenvalue weighted by Gasteiger charge is -2.19. The third-order valence-electron chi connectivity index (χ3n) is 4.67. The molecule has 0 saturated carbocycles. The lowest BCUT2D eigenvalue weighted by molar-refractivity contribution is -0.117. The van der Waals surface area contributed by atoms with Crippen LogP contribution in [-0.2, 0) is 4.79 Å². The molecule has 6 heteroatoms. The number of aryl methyl sites for hydroxylation is 2. The van der Waals surface area contributed by atoms with E-state index in [-0.39, 0.29) is 11.8 Å². The molecule has 3 aromatic rings. The largest absolute Gasteiger partial charge is 0.339 e. The molecule has 0 N–H and O–H groups in total. The Hall–Kier alpha value is -2.66. The van der Waals surface area contributed by atoms with Crippen molar-refractivity contribution < 1.29 is 9.32 Å². The topological polar surface area (TPSA) is 59.2 Å². The molecule has 1 fully saturated rings. The number of hydrogen-bond acceptors (Lipinski definition) is 4. The molecule has 0 aliphatic carbocycles. The molecular weight excluding hydrogens is 350 g/mol. The van der Waals surface area contributed by atoms with Crippen LogP contribution in [0.15, 0.2) is 47.0 Å². The molecule has 1 unspecified atom stereocenters. The zero-order valence-corrected chi connectivity index (χ0v) is 15.3. The number of nitrogens with zero attached hydrogens (tertiary/aromatic N) is 3. The van der Waals surface area contributed by atoms with E-state index in [9.17, 15) is 4.79 Å². The fourth-order valence-electron chi connectivity index (χ4n) is 3.37. The predicted molar refractivity (Wildman–Crippen MR) is 100 cm³/mol. The van der Waals surface area contributed by atoms with E-state index in [2.05, 4.69) is 16.2 Å². The van der Waals surface area contributed by atoms with E-state index in [1.807, 2.05) is 44.2 Å². The van der Waals surface area contributed by atoms with Crippen molar-refractivity contribution in [2.75, 3.05) is 11.4 Å². The Labute approximate surface area is 156 Å². The van der Waals surface area contributed by atoms with Gasteiger partial charge in [-0.05, 0) is 37.6 Å². The Bertz CT molecular complexity index is 983. The Morgan fingerprint density at radius 1 is 1.19 bits per heavy atom. The van der Waals surface area contributed by atoms with E-state index in [0.717, 1.165) is 16.8 Å². The first-order valence-corrected chi connectivity index (χ1v) is 8.87. The van der Waals surface area contributed by atoms with Gasteiger partial charge in [-0.2, -0.15) is 4.98 Å². The Morgan fingerprint density at radius 3 is 2.77 bits per heavy atom. The monoisotopic (exact) mass is 367 g/mol. The molecule has 4 rings (SSSR count). The first kappa shape index (κ1) is 16.8. The van der Waals surface area contributed by atoms with E-state index >= 15 is 0 Å². The van der Waals surface area contributed by atoms with Gasteiger partial charge in [0.2, 0.25) is 17.6 Å². The highest BCUT2D eigenvalue weighted by molar-refractivity contribution is 6.33. The summed E-state index contributed by atoms with van der Waals surface area (Å²) in [6.07, 6.45) is 0.359. The summed E-state index contributed by atoms with van der Waals surface area (Å²) < 4.78 is 5.44. The summed E-state index contributed by atoms with van der Waals surface area (Å²) in [6.45, 7) is 4.60. The van der Waals surface area contributed by atoms with Crippen LogP contribution in [0.5, 0.6) is 0 Å². The molecule has 1 aromatic heterocycles. The molecule has 26 heavy (non-hydrogen) atoms. The maximum atomic E-state index is 12.5. The molecule has 0 spiro atoms. The molecule has 0 bridgehead atoms. The highest BCUT2D eigenvalue weighted by atomic mass is 35.5. The van der Waals surface area contributed by atoms with Crippen LogP contribution in [0.4, 0.5) is 5.69 Å². The van der Waals surface area contributed by atoms with Crippen molar-refractivity contribution in [3.05, 3.63) is 64.5 Å². The van der Waals surface area contributed by atoms with Crippen LogP contribution in [0, 0.1) is 13.8 Å². The van der Waals surface area contributed by atoms with E-state index in [0.29, 0.717) is 29.7 Å². The summed E-state index contributed by atoms with van der Waals surface area (Å²) in [5.41, 5.74) is 3.92. The average Bonchev–Trinajstić information content (AvgIpc) is 3.22. The lowest BCUT2D eigenvalue weighted by Crippen LogP contribution is -2.25. The number of halogens is 1. The molecule has 132 valence electrons. The summed E-state index contributed by atoms with van der Waals surface area (Å²) >= 11 is 6.20. The minimum atomic E-state index is -0.119. The van der Waals surface area contributed by atoms with Crippen molar-refractivity contribution in [1.29, 1.82) is 0 Å². The second kappa shape index (κ2) is 6.57. The van der Waals surface area contributed by atoms with Crippen LogP contribution >= 0.6 is 11.6 Å². The summed E-state index contributed by atoms with van der Waals surface area (Å²) in [4.78, 5) is 18.8. The molecule has 2 aromatic carbocycles. The van der Waals surface area contributed by atoms with Gasteiger partial charge in [-0.25, -0.2) is 0 Å². The molecular formula is C20H18ClN3O2. The number of carbonyl (C=O) groups excluding carboxylic acids is 1. The summed E-state index contributed by atoms with van der Waals surface area (Å²) in [7, 11) is 0. The number of aromatic nitrogens is 2. The molecule has 0 radical (unpaired) electrons. The standard InChI is InChI=1S/C20H18ClN3O2/c1-12-7-8-17(13(2)9-12)24-11-14(10-18(24)25)20-22-19(23-26-20)15-5-3-4-6-16(15)21/h3-9,14H,10-11H2,1-2H3. The van der Waals surface area contributed by atoms with Crippen molar-refractivity contribution in [2.45, 2.75) is 26.2 Å². The number of amides is 1. The predicted octanol–water partition coefficient (Wildman–Crippen LogP) is 4.53. The third-order valence-corrected chi connectivity index (χ3v) is 5.00. The maximum absolute atomic E-state index is 12.5. The Kier molecular flexibility index (Phi) is 4.24. The van der Waals surface area contributed by atoms with E-state index < -0.39 is 0 Å². The maximum Gasteiger partial charge on any atom is 0.232 e. The zero-order chi connectivity index (χ0) is 18.3. The quantitative estimate of drug-likeness (QED) is 0.682. The van der Waals surface area contributed by atoms with Crippen molar-refractivity contribution in [2.24, 2.45) is 0 Å². The highest BCUT2D eigenvalue weighted by Crippen LogP contribution is 2.34. The van der Waals surface area contributed by atoms with E-state index in [4.69, 9.17) is 16.1 Å². The number of rotatable bonds is 3.